The van der Waals surface area contributed by atoms with E-state index in [0.717, 1.165) is 49.5 Å². The summed E-state index contributed by atoms with van der Waals surface area (Å²) < 4.78 is 14.8. The van der Waals surface area contributed by atoms with Gasteiger partial charge in [0.25, 0.3) is 0 Å². The highest BCUT2D eigenvalue weighted by molar-refractivity contribution is 5.91. The Morgan fingerprint density at radius 3 is 2.56 bits per heavy atom. The smallest absolute Gasteiger partial charge is 0.224 e. The van der Waals surface area contributed by atoms with E-state index in [1.54, 1.807) is 18.3 Å². The maximum absolute atomic E-state index is 14.8. The summed E-state index contributed by atoms with van der Waals surface area (Å²) in [5.74, 6) is -0.181. The molecule has 1 aromatic heterocycles. The largest absolute Gasteiger partial charge is 0.383 e. The van der Waals surface area contributed by atoms with E-state index in [9.17, 15) is 9.18 Å². The lowest BCUT2D eigenvalue weighted by Gasteiger charge is -2.32. The molecule has 0 bridgehead atoms. The van der Waals surface area contributed by atoms with Gasteiger partial charge >= 0.3 is 0 Å². The summed E-state index contributed by atoms with van der Waals surface area (Å²) >= 11 is 0. The second-order valence-corrected chi connectivity index (χ2v) is 9.44. The zero-order chi connectivity index (χ0) is 25.7. The van der Waals surface area contributed by atoms with Crippen LogP contribution in [0, 0.1) is 12.7 Å². The molecule has 1 fully saturated rings. The van der Waals surface area contributed by atoms with Crippen molar-refractivity contribution in [1.82, 2.24) is 14.8 Å². The standard InChI is InChI=1S/C28H33FN6O/c1-19-13-25(7-5-22(19)18-35-11-9-34(2)10-12-35)33-27(36)8-6-20-3-4-21(15-26(20)29)24-14-23(16-30)28(31)32-17-24/h3-5,7,13-17,30H,6,8-12,18H2,1-2H3,(H2,31,32)(H,33,36)/p+1. The number of nitrogens with two attached hydrogens (primary N) is 2. The fraction of sp³-hybridized carbons (Fsp3) is 0.321. The lowest BCUT2D eigenvalue weighted by molar-refractivity contribution is -0.116. The van der Waals surface area contributed by atoms with Crippen LogP contribution in [0.1, 0.15) is 28.7 Å². The van der Waals surface area contributed by atoms with Crippen molar-refractivity contribution in [2.45, 2.75) is 26.3 Å². The van der Waals surface area contributed by atoms with Gasteiger partial charge in [-0.05, 0) is 66.9 Å². The van der Waals surface area contributed by atoms with E-state index in [-0.39, 0.29) is 18.1 Å². The normalized spacial score (nSPS) is 14.5. The number of nitrogens with one attached hydrogen (secondary N) is 1. The van der Waals surface area contributed by atoms with Crippen LogP contribution in [0.4, 0.5) is 15.9 Å². The molecule has 0 unspecified atom stereocenters. The molecular weight excluding hydrogens is 455 g/mol. The first-order chi connectivity index (χ1) is 17.3. The summed E-state index contributed by atoms with van der Waals surface area (Å²) in [6, 6.07) is 12.8. The number of aryl methyl sites for hydroxylation is 2. The van der Waals surface area contributed by atoms with E-state index in [4.69, 9.17) is 11.1 Å². The molecule has 3 aromatic rings. The summed E-state index contributed by atoms with van der Waals surface area (Å²) in [6.45, 7) is 7.29. The monoisotopic (exact) mass is 489 g/mol. The molecule has 7 nitrogen and oxygen atoms in total. The Morgan fingerprint density at radius 1 is 1.11 bits per heavy atom. The number of carbonyl (C=O) groups is 1. The molecule has 36 heavy (non-hydrogen) atoms. The highest BCUT2D eigenvalue weighted by Gasteiger charge is 2.15. The number of carbonyl (C=O) groups excluding carboxylic acids is 1. The van der Waals surface area contributed by atoms with Gasteiger partial charge in [0.05, 0.1) is 5.56 Å². The number of pyridine rings is 1. The molecule has 1 amide bonds. The van der Waals surface area contributed by atoms with Crippen molar-refractivity contribution in [3.8, 4) is 11.1 Å². The van der Waals surface area contributed by atoms with E-state index in [2.05, 4.69) is 40.1 Å². The van der Waals surface area contributed by atoms with Gasteiger partial charge in [-0.3, -0.25) is 15.1 Å². The number of hydrogen-bond donors (Lipinski definition) is 3. The van der Waals surface area contributed by atoms with Gasteiger partial charge in [-0.1, -0.05) is 18.2 Å². The Labute approximate surface area is 211 Å². The van der Waals surface area contributed by atoms with Gasteiger partial charge in [0, 0.05) is 56.6 Å². The third-order valence-corrected chi connectivity index (χ3v) is 6.75. The van der Waals surface area contributed by atoms with Gasteiger partial charge in [0.1, 0.15) is 11.6 Å². The molecule has 188 valence electrons. The average molecular weight is 490 g/mol. The minimum Gasteiger partial charge on any atom is -0.383 e. The first-order valence-corrected chi connectivity index (χ1v) is 12.2. The maximum atomic E-state index is 14.8. The molecular formula is C28H34FN6O+. The highest BCUT2D eigenvalue weighted by Crippen LogP contribution is 2.24. The molecule has 2 aromatic carbocycles. The fourth-order valence-electron chi connectivity index (χ4n) is 4.38. The highest BCUT2D eigenvalue weighted by atomic mass is 19.1. The zero-order valence-electron chi connectivity index (χ0n) is 20.9. The SMILES string of the molecule is Cc1cc(NC(=O)CCc2ccc(-c3cnc(N)c(C=[NH2+])c3)cc2F)ccc1CN1CCN(C)CC1. The first-order valence-electron chi connectivity index (χ1n) is 12.2. The van der Waals surface area contributed by atoms with Gasteiger partial charge in [-0.2, -0.15) is 0 Å². The van der Waals surface area contributed by atoms with E-state index >= 15 is 0 Å². The van der Waals surface area contributed by atoms with Gasteiger partial charge < -0.3 is 16.0 Å². The number of nitrogen functional groups attached to an aromatic ring is 1. The topological polar surface area (TPSA) is 100 Å². The summed E-state index contributed by atoms with van der Waals surface area (Å²) in [5.41, 5.74) is 11.4. The number of likely N-dealkylation sites (N-methyl/N-ethyl adjacent to an activating group) is 1. The van der Waals surface area contributed by atoms with E-state index in [1.165, 1.54) is 17.8 Å². The van der Waals surface area contributed by atoms with Crippen molar-refractivity contribution in [2.75, 3.05) is 44.3 Å². The minimum atomic E-state index is -0.362. The number of aromatic nitrogens is 1. The molecule has 0 saturated carbocycles. The predicted octanol–water partition coefficient (Wildman–Crippen LogP) is 2.28. The van der Waals surface area contributed by atoms with E-state index in [1.807, 2.05) is 18.2 Å². The Kier molecular flexibility index (Phi) is 8.07. The molecule has 8 heteroatoms. The molecule has 0 aliphatic carbocycles. The fourth-order valence-corrected chi connectivity index (χ4v) is 4.38. The molecule has 1 aliphatic heterocycles. The summed E-state index contributed by atoms with van der Waals surface area (Å²) in [6.07, 6.45) is 3.45. The first kappa shape index (κ1) is 25.5. The molecule has 5 N–H and O–H groups in total. The third kappa shape index (κ3) is 6.33. The van der Waals surface area contributed by atoms with Gasteiger partial charge in [0.15, 0.2) is 6.21 Å². The minimum absolute atomic E-state index is 0.143. The number of hydrogen-bond acceptors (Lipinski definition) is 5. The second kappa shape index (κ2) is 11.4. The van der Waals surface area contributed by atoms with Crippen LogP contribution in [0.5, 0.6) is 0 Å². The van der Waals surface area contributed by atoms with E-state index in [0.29, 0.717) is 28.9 Å². The van der Waals surface area contributed by atoms with E-state index < -0.39 is 0 Å². The lowest BCUT2D eigenvalue weighted by Crippen LogP contribution is -2.43. The Bertz CT molecular complexity index is 1250. The average Bonchev–Trinajstić information content (AvgIpc) is 2.86. The van der Waals surface area contributed by atoms with Crippen molar-refractivity contribution in [3.05, 3.63) is 76.7 Å². The summed E-state index contributed by atoms with van der Waals surface area (Å²) in [7, 11) is 2.15. The van der Waals surface area contributed by atoms with Gasteiger partial charge in [-0.25, -0.2) is 9.37 Å². The van der Waals surface area contributed by atoms with Crippen molar-refractivity contribution in [2.24, 2.45) is 0 Å². The lowest BCUT2D eigenvalue weighted by atomic mass is 10.0. The number of rotatable bonds is 8. The molecule has 0 radical (unpaired) electrons. The van der Waals surface area contributed by atoms with Crippen LogP contribution in [0.15, 0.2) is 48.7 Å². The zero-order valence-corrected chi connectivity index (χ0v) is 20.9. The van der Waals surface area contributed by atoms with Crippen LogP contribution in [0.2, 0.25) is 0 Å². The Balaban J connectivity index is 1.32. The van der Waals surface area contributed by atoms with Crippen molar-refractivity contribution >= 4 is 23.6 Å². The number of piperazine rings is 1. The molecule has 0 atom stereocenters. The molecule has 1 saturated heterocycles. The van der Waals surface area contributed by atoms with Crippen LogP contribution in [-0.2, 0) is 17.8 Å². The van der Waals surface area contributed by atoms with Crippen LogP contribution in [0.3, 0.4) is 0 Å². The number of anilines is 2. The van der Waals surface area contributed by atoms with Crippen LogP contribution >= 0.6 is 0 Å². The molecule has 2 heterocycles. The predicted molar refractivity (Wildman–Crippen MR) is 142 cm³/mol. The number of halogens is 1. The Morgan fingerprint density at radius 2 is 1.86 bits per heavy atom. The Hall–Kier alpha value is -3.62. The van der Waals surface area contributed by atoms with Crippen LogP contribution < -0.4 is 16.5 Å². The summed E-state index contributed by atoms with van der Waals surface area (Å²) in [4.78, 5) is 21.5. The molecule has 0 spiro atoms. The summed E-state index contributed by atoms with van der Waals surface area (Å²) in [5, 5.41) is 8.52. The molecule has 1 aliphatic rings. The molecule has 4 rings (SSSR count). The third-order valence-electron chi connectivity index (χ3n) is 6.75. The van der Waals surface area contributed by atoms with Crippen molar-refractivity contribution in [3.63, 3.8) is 0 Å². The van der Waals surface area contributed by atoms with Crippen molar-refractivity contribution in [1.29, 1.82) is 0 Å². The van der Waals surface area contributed by atoms with Gasteiger partial charge in [-0.15, -0.1) is 0 Å². The number of benzene rings is 2. The quantitative estimate of drug-likeness (QED) is 0.422. The number of nitrogens with zero attached hydrogens (tertiary/aromatic N) is 3. The second-order valence-electron chi connectivity index (χ2n) is 9.44. The van der Waals surface area contributed by atoms with Gasteiger partial charge in [0.2, 0.25) is 5.91 Å². The maximum Gasteiger partial charge on any atom is 0.224 e. The number of amides is 1. The van der Waals surface area contributed by atoms with Crippen LogP contribution in [0.25, 0.3) is 11.1 Å². The van der Waals surface area contributed by atoms with Crippen molar-refractivity contribution < 1.29 is 14.6 Å². The van der Waals surface area contributed by atoms with Crippen LogP contribution in [-0.4, -0.2) is 60.1 Å².